The molecule has 1 aliphatic heterocycles. The van der Waals surface area contributed by atoms with Crippen molar-refractivity contribution in [3.63, 3.8) is 0 Å². The highest BCUT2D eigenvalue weighted by Gasteiger charge is 2.32. The van der Waals surface area contributed by atoms with Crippen LogP contribution < -0.4 is 20.3 Å². The van der Waals surface area contributed by atoms with E-state index in [1.54, 1.807) is 26.1 Å². The number of aliphatic imine (C=N–C) groups is 1. The Kier molecular flexibility index (Phi) is 7.98. The fraction of sp³-hybridized carbons (Fsp3) is 0.241. The number of hydrogen-bond acceptors (Lipinski definition) is 5. The number of ether oxygens (including phenoxy) is 1. The Morgan fingerprint density at radius 2 is 1.57 bits per heavy atom. The fourth-order valence-corrected chi connectivity index (χ4v) is 4.06. The number of nitrogens with zero attached hydrogens (tertiary/aromatic N) is 2. The topological polar surface area (TPSA) is 100 Å². The van der Waals surface area contributed by atoms with Crippen LogP contribution in [0.2, 0.25) is 0 Å². The van der Waals surface area contributed by atoms with Crippen LogP contribution in [0.15, 0.2) is 89.9 Å². The van der Waals surface area contributed by atoms with Gasteiger partial charge in [0.15, 0.2) is 6.10 Å². The van der Waals surface area contributed by atoms with E-state index in [1.807, 2.05) is 79.7 Å². The maximum Gasteiger partial charge on any atom is 0.272 e. The van der Waals surface area contributed by atoms with Crippen molar-refractivity contribution >= 4 is 29.1 Å². The molecule has 3 aromatic carbocycles. The number of benzene rings is 3. The predicted octanol–water partition coefficient (Wildman–Crippen LogP) is 3.31. The summed E-state index contributed by atoms with van der Waals surface area (Å²) < 4.78 is 5.78. The van der Waals surface area contributed by atoms with E-state index < -0.39 is 30.1 Å². The average Bonchev–Trinajstić information content (AvgIpc) is 3.03. The van der Waals surface area contributed by atoms with Crippen LogP contribution in [0, 0.1) is 0 Å². The Hall–Kier alpha value is -4.46. The summed E-state index contributed by atoms with van der Waals surface area (Å²) in [4.78, 5) is 45.4. The molecule has 3 amide bonds. The molecule has 0 aromatic heterocycles. The number of fused-ring (bicyclic) bond motifs is 1. The molecule has 2 N–H and O–H groups in total. The van der Waals surface area contributed by atoms with Crippen molar-refractivity contribution < 1.29 is 19.1 Å². The smallest absolute Gasteiger partial charge is 0.272 e. The number of benzodiazepines with no additional fused rings is 1. The molecule has 37 heavy (non-hydrogen) atoms. The van der Waals surface area contributed by atoms with Crippen LogP contribution in [-0.2, 0) is 14.4 Å². The molecule has 0 saturated heterocycles. The van der Waals surface area contributed by atoms with Crippen LogP contribution in [-0.4, -0.2) is 48.8 Å². The first-order chi connectivity index (χ1) is 17.9. The van der Waals surface area contributed by atoms with Gasteiger partial charge in [-0.25, -0.2) is 4.99 Å². The highest BCUT2D eigenvalue weighted by Crippen LogP contribution is 2.27. The molecule has 0 fully saturated rings. The number of amides is 3. The van der Waals surface area contributed by atoms with Crippen molar-refractivity contribution in [1.82, 2.24) is 10.6 Å². The lowest BCUT2D eigenvalue weighted by Crippen LogP contribution is -2.54. The lowest BCUT2D eigenvalue weighted by molar-refractivity contribution is -0.133. The standard InChI is InChI=1S/C29H30N4O4/c1-4-24(37-21-15-9-6-10-16-21)28(35)30-19(2)27(34)32-26-29(36)33(3)23-18-12-11-17-22(23)25(31-26)20-13-7-5-8-14-20/h5-19,24,26H,4H2,1-3H3,(H,30,35)(H,32,34)/t19-,24?,26+/m0/s1. The van der Waals surface area contributed by atoms with E-state index in [-0.39, 0.29) is 5.91 Å². The SMILES string of the molecule is CCC(Oc1ccccc1)C(=O)N[C@@H](C)C(=O)N[C@H]1N=C(c2ccccc2)c2ccccc2N(C)C1=O. The second-order valence-corrected chi connectivity index (χ2v) is 8.73. The molecule has 4 rings (SSSR count). The zero-order valence-electron chi connectivity index (χ0n) is 21.0. The van der Waals surface area contributed by atoms with Gasteiger partial charge in [0.2, 0.25) is 12.1 Å². The average molecular weight is 499 g/mol. The fourth-order valence-electron chi connectivity index (χ4n) is 4.06. The van der Waals surface area contributed by atoms with Crippen molar-refractivity contribution in [2.45, 2.75) is 38.6 Å². The van der Waals surface area contributed by atoms with E-state index in [1.165, 1.54) is 4.90 Å². The highest BCUT2D eigenvalue weighted by atomic mass is 16.5. The summed E-state index contributed by atoms with van der Waals surface area (Å²) in [6.07, 6.45) is -1.51. The third kappa shape index (κ3) is 5.86. The van der Waals surface area contributed by atoms with Crippen LogP contribution in [0.5, 0.6) is 5.75 Å². The minimum Gasteiger partial charge on any atom is -0.481 e. The van der Waals surface area contributed by atoms with Gasteiger partial charge in [0.05, 0.1) is 11.4 Å². The Morgan fingerprint density at radius 1 is 0.946 bits per heavy atom. The molecule has 3 atom stereocenters. The van der Waals surface area contributed by atoms with Gasteiger partial charge in [0, 0.05) is 18.2 Å². The molecule has 0 radical (unpaired) electrons. The normalized spacial score (nSPS) is 16.5. The molecule has 190 valence electrons. The summed E-state index contributed by atoms with van der Waals surface area (Å²) in [5.74, 6) is -0.767. The number of nitrogens with one attached hydrogen (secondary N) is 2. The Balaban J connectivity index is 1.52. The van der Waals surface area contributed by atoms with Crippen molar-refractivity contribution in [3.8, 4) is 5.75 Å². The molecule has 1 aliphatic rings. The quantitative estimate of drug-likeness (QED) is 0.498. The number of carbonyl (C=O) groups is 3. The van der Waals surface area contributed by atoms with Crippen LogP contribution >= 0.6 is 0 Å². The molecule has 1 heterocycles. The predicted molar refractivity (Wildman–Crippen MR) is 143 cm³/mol. The summed E-state index contributed by atoms with van der Waals surface area (Å²) in [6, 6.07) is 25.1. The lowest BCUT2D eigenvalue weighted by atomic mass is 10.0. The molecule has 0 spiro atoms. The van der Waals surface area contributed by atoms with Crippen LogP contribution in [0.3, 0.4) is 0 Å². The maximum absolute atomic E-state index is 13.3. The number of hydrogen-bond donors (Lipinski definition) is 2. The minimum atomic E-state index is -1.16. The largest absolute Gasteiger partial charge is 0.481 e. The van der Waals surface area contributed by atoms with Crippen molar-refractivity contribution in [2.24, 2.45) is 4.99 Å². The van der Waals surface area contributed by atoms with E-state index in [9.17, 15) is 14.4 Å². The lowest BCUT2D eigenvalue weighted by Gasteiger charge is -2.23. The number of anilines is 1. The van der Waals surface area contributed by atoms with Crippen LogP contribution in [0.25, 0.3) is 0 Å². The van der Waals surface area contributed by atoms with E-state index >= 15 is 0 Å². The van der Waals surface area contributed by atoms with Gasteiger partial charge in [-0.1, -0.05) is 73.7 Å². The highest BCUT2D eigenvalue weighted by molar-refractivity contribution is 6.20. The molecule has 0 bridgehead atoms. The maximum atomic E-state index is 13.3. The zero-order valence-corrected chi connectivity index (χ0v) is 21.0. The molecule has 1 unspecified atom stereocenters. The molecule has 0 aliphatic carbocycles. The van der Waals surface area contributed by atoms with Crippen molar-refractivity contribution in [1.29, 1.82) is 0 Å². The van der Waals surface area contributed by atoms with Gasteiger partial charge >= 0.3 is 0 Å². The Bertz CT molecular complexity index is 1290. The third-order valence-electron chi connectivity index (χ3n) is 6.11. The molecule has 8 nitrogen and oxygen atoms in total. The molecule has 3 aromatic rings. The molecule has 0 saturated carbocycles. The minimum absolute atomic E-state index is 0.385. The first-order valence-corrected chi connectivity index (χ1v) is 12.2. The summed E-state index contributed by atoms with van der Waals surface area (Å²) in [5, 5.41) is 5.41. The van der Waals surface area contributed by atoms with Gasteiger partial charge in [-0.3, -0.25) is 14.4 Å². The summed E-state index contributed by atoms with van der Waals surface area (Å²) >= 11 is 0. The first-order valence-electron chi connectivity index (χ1n) is 12.2. The van der Waals surface area contributed by atoms with Gasteiger partial charge in [-0.2, -0.15) is 0 Å². The number of para-hydroxylation sites is 2. The zero-order chi connectivity index (χ0) is 26.4. The number of carbonyl (C=O) groups excluding carboxylic acids is 3. The van der Waals surface area contributed by atoms with Gasteiger partial charge in [-0.15, -0.1) is 0 Å². The first kappa shape index (κ1) is 25.6. The van der Waals surface area contributed by atoms with Crippen LogP contribution in [0.1, 0.15) is 31.4 Å². The van der Waals surface area contributed by atoms with E-state index in [0.717, 1.165) is 11.1 Å². The number of likely N-dealkylation sites (N-methyl/N-ethyl adjacent to an activating group) is 1. The van der Waals surface area contributed by atoms with Crippen molar-refractivity contribution in [2.75, 3.05) is 11.9 Å². The third-order valence-corrected chi connectivity index (χ3v) is 6.11. The Morgan fingerprint density at radius 3 is 2.24 bits per heavy atom. The summed E-state index contributed by atoms with van der Waals surface area (Å²) in [5.41, 5.74) is 2.89. The van der Waals surface area contributed by atoms with Gasteiger partial charge in [-0.05, 0) is 31.5 Å². The number of rotatable bonds is 8. The van der Waals surface area contributed by atoms with E-state index in [4.69, 9.17) is 4.74 Å². The Labute approximate surface area is 216 Å². The monoisotopic (exact) mass is 498 g/mol. The van der Waals surface area contributed by atoms with Gasteiger partial charge < -0.3 is 20.3 Å². The second kappa shape index (κ2) is 11.5. The summed E-state index contributed by atoms with van der Waals surface area (Å²) in [7, 11) is 1.65. The molecular formula is C29H30N4O4. The van der Waals surface area contributed by atoms with Gasteiger partial charge in [0.1, 0.15) is 11.8 Å². The molecule has 8 heteroatoms. The van der Waals surface area contributed by atoms with Crippen LogP contribution in [0.4, 0.5) is 5.69 Å². The second-order valence-electron chi connectivity index (χ2n) is 8.73. The summed E-state index contributed by atoms with van der Waals surface area (Å²) in [6.45, 7) is 3.39. The van der Waals surface area contributed by atoms with E-state index in [0.29, 0.717) is 23.6 Å². The van der Waals surface area contributed by atoms with E-state index in [2.05, 4.69) is 15.6 Å². The van der Waals surface area contributed by atoms with Crippen molar-refractivity contribution in [3.05, 3.63) is 96.1 Å². The molecular weight excluding hydrogens is 468 g/mol. The van der Waals surface area contributed by atoms with Gasteiger partial charge in [0.25, 0.3) is 11.8 Å².